The first-order valence-electron chi connectivity index (χ1n) is 7.83. The van der Waals surface area contributed by atoms with E-state index in [0.29, 0.717) is 6.54 Å². The largest absolute Gasteiger partial charge is 0.394 e. The number of carbonyl (C=O) groups excluding carboxylic acids is 1. The topological polar surface area (TPSA) is 61.4 Å². The zero-order valence-electron chi connectivity index (χ0n) is 12.8. The molecule has 1 saturated carbocycles. The van der Waals surface area contributed by atoms with Gasteiger partial charge in [0.2, 0.25) is 0 Å². The van der Waals surface area contributed by atoms with Crippen molar-refractivity contribution in [3.63, 3.8) is 0 Å². The van der Waals surface area contributed by atoms with Gasteiger partial charge >= 0.3 is 6.03 Å². The zero-order valence-corrected chi connectivity index (χ0v) is 12.8. The molecule has 1 aliphatic rings. The molecule has 1 aromatic carbocycles. The summed E-state index contributed by atoms with van der Waals surface area (Å²) in [4.78, 5) is 11.8. The van der Waals surface area contributed by atoms with Crippen LogP contribution in [-0.2, 0) is 6.42 Å². The van der Waals surface area contributed by atoms with E-state index < -0.39 is 0 Å². The highest BCUT2D eigenvalue weighted by Crippen LogP contribution is 2.40. The SMILES string of the molecule is C[C@@H](CO)NC(=O)NCC1(Cc2ccccc2)CCCC1. The van der Waals surface area contributed by atoms with Crippen molar-refractivity contribution in [3.05, 3.63) is 35.9 Å². The summed E-state index contributed by atoms with van der Waals surface area (Å²) in [5.74, 6) is 0. The van der Waals surface area contributed by atoms with Crippen molar-refractivity contribution < 1.29 is 9.90 Å². The number of hydrogen-bond donors (Lipinski definition) is 3. The maximum Gasteiger partial charge on any atom is 0.315 e. The molecule has 3 N–H and O–H groups in total. The number of nitrogens with one attached hydrogen (secondary N) is 2. The van der Waals surface area contributed by atoms with E-state index in [4.69, 9.17) is 5.11 Å². The maximum atomic E-state index is 11.8. The Balaban J connectivity index is 1.91. The minimum atomic E-state index is -0.210. The van der Waals surface area contributed by atoms with Gasteiger partial charge in [0.25, 0.3) is 0 Å². The molecule has 2 amide bonds. The molecule has 0 radical (unpaired) electrons. The molecule has 1 aliphatic carbocycles. The summed E-state index contributed by atoms with van der Waals surface area (Å²) in [6.45, 7) is 2.45. The molecule has 0 aliphatic heterocycles. The minimum absolute atomic E-state index is 0.0391. The number of rotatable bonds is 6. The van der Waals surface area contributed by atoms with Crippen molar-refractivity contribution in [3.8, 4) is 0 Å². The Morgan fingerprint density at radius 2 is 1.95 bits per heavy atom. The first-order valence-corrected chi connectivity index (χ1v) is 7.83. The predicted octanol–water partition coefficient (Wildman–Crippen LogP) is 2.47. The second-order valence-corrected chi connectivity index (χ2v) is 6.28. The number of urea groups is 1. The summed E-state index contributed by atoms with van der Waals surface area (Å²) in [7, 11) is 0. The number of benzene rings is 1. The Kier molecular flexibility index (Phi) is 5.62. The lowest BCUT2D eigenvalue weighted by molar-refractivity contribution is 0.211. The van der Waals surface area contributed by atoms with E-state index in [9.17, 15) is 4.79 Å². The van der Waals surface area contributed by atoms with Gasteiger partial charge in [0, 0.05) is 6.54 Å². The summed E-state index contributed by atoms with van der Waals surface area (Å²) >= 11 is 0. The number of aliphatic hydroxyl groups is 1. The minimum Gasteiger partial charge on any atom is -0.394 e. The van der Waals surface area contributed by atoms with E-state index in [1.54, 1.807) is 6.92 Å². The molecule has 21 heavy (non-hydrogen) atoms. The van der Waals surface area contributed by atoms with Gasteiger partial charge in [0.05, 0.1) is 12.6 Å². The monoisotopic (exact) mass is 290 g/mol. The fourth-order valence-electron chi connectivity index (χ4n) is 3.16. The molecule has 2 rings (SSSR count). The molecule has 0 aromatic heterocycles. The quantitative estimate of drug-likeness (QED) is 0.753. The van der Waals surface area contributed by atoms with E-state index >= 15 is 0 Å². The highest BCUT2D eigenvalue weighted by molar-refractivity contribution is 5.74. The van der Waals surface area contributed by atoms with Crippen LogP contribution in [-0.4, -0.2) is 30.3 Å². The van der Waals surface area contributed by atoms with Gasteiger partial charge in [-0.25, -0.2) is 4.79 Å². The standard InChI is InChI=1S/C17H26N2O2/c1-14(12-20)19-16(21)18-13-17(9-5-6-10-17)11-15-7-3-2-4-8-15/h2-4,7-8,14,20H,5-6,9-13H2,1H3,(H2,18,19,21)/t14-/m0/s1. The average molecular weight is 290 g/mol. The third-order valence-corrected chi connectivity index (χ3v) is 4.36. The van der Waals surface area contributed by atoms with Crippen molar-refractivity contribution in [1.82, 2.24) is 10.6 Å². The second-order valence-electron chi connectivity index (χ2n) is 6.28. The molecule has 1 aromatic rings. The van der Waals surface area contributed by atoms with Crippen LogP contribution >= 0.6 is 0 Å². The second kappa shape index (κ2) is 7.46. The fraction of sp³-hybridized carbons (Fsp3) is 0.588. The van der Waals surface area contributed by atoms with Gasteiger partial charge < -0.3 is 15.7 Å². The Morgan fingerprint density at radius 3 is 2.57 bits per heavy atom. The Bertz CT molecular complexity index is 441. The van der Waals surface area contributed by atoms with Gasteiger partial charge in [-0.15, -0.1) is 0 Å². The van der Waals surface area contributed by atoms with E-state index in [0.717, 1.165) is 19.3 Å². The van der Waals surface area contributed by atoms with Crippen molar-refractivity contribution in [2.75, 3.05) is 13.2 Å². The number of aliphatic hydroxyl groups excluding tert-OH is 1. The lowest BCUT2D eigenvalue weighted by Gasteiger charge is -2.30. The number of carbonyl (C=O) groups is 1. The Morgan fingerprint density at radius 1 is 1.29 bits per heavy atom. The number of hydrogen-bond acceptors (Lipinski definition) is 2. The maximum absolute atomic E-state index is 11.8. The van der Waals surface area contributed by atoms with Gasteiger partial charge in [-0.2, -0.15) is 0 Å². The van der Waals surface area contributed by atoms with Crippen LogP contribution < -0.4 is 10.6 Å². The molecule has 0 unspecified atom stereocenters. The van der Waals surface area contributed by atoms with E-state index in [-0.39, 0.29) is 24.1 Å². The van der Waals surface area contributed by atoms with Crippen LogP contribution in [0.15, 0.2) is 30.3 Å². The van der Waals surface area contributed by atoms with E-state index in [1.165, 1.54) is 18.4 Å². The summed E-state index contributed by atoms with van der Waals surface area (Å²) in [5.41, 5.74) is 1.52. The van der Waals surface area contributed by atoms with E-state index in [1.807, 2.05) is 6.07 Å². The van der Waals surface area contributed by atoms with Crippen molar-refractivity contribution >= 4 is 6.03 Å². The van der Waals surface area contributed by atoms with Crippen LogP contribution in [0.1, 0.15) is 38.2 Å². The van der Waals surface area contributed by atoms with Crippen molar-refractivity contribution in [2.45, 2.75) is 45.1 Å². The zero-order chi connectivity index (χ0) is 15.1. The van der Waals surface area contributed by atoms with E-state index in [2.05, 4.69) is 34.9 Å². The van der Waals surface area contributed by atoms with Gasteiger partial charge in [-0.1, -0.05) is 43.2 Å². The fourth-order valence-corrected chi connectivity index (χ4v) is 3.16. The summed E-state index contributed by atoms with van der Waals surface area (Å²) in [6.07, 6.45) is 5.82. The predicted molar refractivity (Wildman–Crippen MR) is 84.1 cm³/mol. The van der Waals surface area contributed by atoms with Gasteiger partial charge in [-0.3, -0.25) is 0 Å². The molecule has 4 nitrogen and oxygen atoms in total. The summed E-state index contributed by atoms with van der Waals surface area (Å²) in [5, 5.41) is 14.7. The highest BCUT2D eigenvalue weighted by Gasteiger charge is 2.34. The van der Waals surface area contributed by atoms with Crippen LogP contribution in [0.4, 0.5) is 4.79 Å². The molecule has 0 heterocycles. The van der Waals surface area contributed by atoms with Gasteiger partial charge in [0.15, 0.2) is 0 Å². The summed E-state index contributed by atoms with van der Waals surface area (Å²) < 4.78 is 0. The number of amides is 2. The first kappa shape index (κ1) is 15.8. The normalized spacial score (nSPS) is 18.2. The molecule has 116 valence electrons. The Hall–Kier alpha value is -1.55. The third kappa shape index (κ3) is 4.74. The van der Waals surface area contributed by atoms with Gasteiger partial charge in [-0.05, 0) is 37.2 Å². The lowest BCUT2D eigenvalue weighted by Crippen LogP contribution is -2.46. The van der Waals surface area contributed by atoms with Crippen LogP contribution in [0.3, 0.4) is 0 Å². The molecule has 1 atom stereocenters. The van der Waals surface area contributed by atoms with Crippen LogP contribution in [0.25, 0.3) is 0 Å². The Labute approximate surface area is 126 Å². The summed E-state index contributed by atoms with van der Waals surface area (Å²) in [6, 6.07) is 10.1. The molecule has 1 fully saturated rings. The molecular formula is C17H26N2O2. The molecule has 0 bridgehead atoms. The van der Waals surface area contributed by atoms with Gasteiger partial charge in [0.1, 0.15) is 0 Å². The van der Waals surface area contributed by atoms with Crippen LogP contribution in [0, 0.1) is 5.41 Å². The van der Waals surface area contributed by atoms with Crippen LogP contribution in [0.2, 0.25) is 0 Å². The molecule has 4 heteroatoms. The lowest BCUT2D eigenvalue weighted by atomic mass is 9.80. The third-order valence-electron chi connectivity index (χ3n) is 4.36. The highest BCUT2D eigenvalue weighted by atomic mass is 16.3. The molecule has 0 spiro atoms. The van der Waals surface area contributed by atoms with Crippen molar-refractivity contribution in [1.29, 1.82) is 0 Å². The first-order chi connectivity index (χ1) is 10.1. The smallest absolute Gasteiger partial charge is 0.315 e. The van der Waals surface area contributed by atoms with Crippen molar-refractivity contribution in [2.24, 2.45) is 5.41 Å². The molecule has 0 saturated heterocycles. The average Bonchev–Trinajstić information content (AvgIpc) is 2.95. The molecular weight excluding hydrogens is 264 g/mol. The van der Waals surface area contributed by atoms with Crippen LogP contribution in [0.5, 0.6) is 0 Å².